The molecule has 0 aliphatic heterocycles. The Morgan fingerprint density at radius 2 is 2.06 bits per heavy atom. The number of hydrogen-bond acceptors (Lipinski definition) is 1. The topological polar surface area (TPSA) is 17.8 Å². The van der Waals surface area contributed by atoms with E-state index in [1.807, 2.05) is 26.0 Å². The van der Waals surface area contributed by atoms with Crippen LogP contribution in [0.15, 0.2) is 24.3 Å². The predicted octanol–water partition coefficient (Wildman–Crippen LogP) is 3.88. The summed E-state index contributed by atoms with van der Waals surface area (Å²) in [5.74, 6) is -0.00834. The van der Waals surface area contributed by atoms with Gasteiger partial charge in [-0.2, -0.15) is 5.10 Å². The van der Waals surface area contributed by atoms with E-state index in [4.69, 9.17) is 11.6 Å². The summed E-state index contributed by atoms with van der Waals surface area (Å²) >= 11 is 5.88. The molecule has 4 heteroatoms. The van der Waals surface area contributed by atoms with Crippen LogP contribution in [0.25, 0.3) is 5.69 Å². The maximum atomic E-state index is 14.0. The fourth-order valence-corrected chi connectivity index (χ4v) is 2.21. The van der Waals surface area contributed by atoms with Crippen LogP contribution in [-0.2, 0) is 18.7 Å². The molecule has 0 amide bonds. The summed E-state index contributed by atoms with van der Waals surface area (Å²) in [4.78, 5) is 0. The lowest BCUT2D eigenvalue weighted by Gasteiger charge is -2.11. The number of aromatic nitrogens is 2. The molecule has 0 N–H and O–H groups in total. The quantitative estimate of drug-likeness (QED) is 0.768. The number of rotatable bonds is 4. The zero-order valence-electron chi connectivity index (χ0n) is 10.6. The van der Waals surface area contributed by atoms with Crippen LogP contribution >= 0.6 is 11.6 Å². The third kappa shape index (κ3) is 2.27. The van der Waals surface area contributed by atoms with E-state index in [0.29, 0.717) is 5.69 Å². The van der Waals surface area contributed by atoms with Crippen molar-refractivity contribution in [2.24, 2.45) is 0 Å². The van der Waals surface area contributed by atoms with Gasteiger partial charge in [-0.05, 0) is 30.5 Å². The van der Waals surface area contributed by atoms with E-state index in [1.165, 1.54) is 6.07 Å². The summed E-state index contributed by atoms with van der Waals surface area (Å²) in [5.41, 5.74) is 3.21. The lowest BCUT2D eigenvalue weighted by atomic mass is 10.2. The van der Waals surface area contributed by atoms with E-state index in [-0.39, 0.29) is 11.7 Å². The standard InChI is InChI=1S/C14H16ClFN2/c1-3-11-8-12(4-2)18(17-11)14-10(9-15)6-5-7-13(14)16/h5-8H,3-4,9H2,1-2H3. The molecular formula is C14H16ClFN2. The van der Waals surface area contributed by atoms with Gasteiger partial charge in [0.1, 0.15) is 11.5 Å². The molecule has 1 heterocycles. The number of aryl methyl sites for hydroxylation is 2. The summed E-state index contributed by atoms with van der Waals surface area (Å²) in [5, 5.41) is 4.46. The molecule has 2 aromatic rings. The molecule has 2 nitrogen and oxygen atoms in total. The Labute approximate surface area is 111 Å². The molecule has 1 aromatic heterocycles. The Morgan fingerprint density at radius 1 is 1.28 bits per heavy atom. The highest BCUT2D eigenvalue weighted by Gasteiger charge is 2.14. The van der Waals surface area contributed by atoms with Crippen molar-refractivity contribution in [2.45, 2.75) is 32.6 Å². The van der Waals surface area contributed by atoms with Crippen LogP contribution in [0, 0.1) is 5.82 Å². The van der Waals surface area contributed by atoms with Crippen LogP contribution in [0.5, 0.6) is 0 Å². The van der Waals surface area contributed by atoms with E-state index in [1.54, 1.807) is 10.7 Å². The number of halogens is 2. The van der Waals surface area contributed by atoms with Crippen molar-refractivity contribution in [3.05, 3.63) is 47.0 Å². The maximum Gasteiger partial charge on any atom is 0.149 e. The van der Waals surface area contributed by atoms with Crippen molar-refractivity contribution in [1.29, 1.82) is 0 Å². The summed E-state index contributed by atoms with van der Waals surface area (Å²) in [6.07, 6.45) is 1.65. The van der Waals surface area contributed by atoms with E-state index in [2.05, 4.69) is 5.10 Å². The van der Waals surface area contributed by atoms with E-state index < -0.39 is 0 Å². The van der Waals surface area contributed by atoms with E-state index >= 15 is 0 Å². The lowest BCUT2D eigenvalue weighted by Crippen LogP contribution is -2.07. The molecule has 0 bridgehead atoms. The number of para-hydroxylation sites is 1. The lowest BCUT2D eigenvalue weighted by molar-refractivity contribution is 0.603. The second-order valence-electron chi connectivity index (χ2n) is 4.13. The van der Waals surface area contributed by atoms with Gasteiger partial charge in [0.2, 0.25) is 0 Å². The van der Waals surface area contributed by atoms with Gasteiger partial charge in [-0.3, -0.25) is 0 Å². The van der Waals surface area contributed by atoms with Crippen molar-refractivity contribution in [1.82, 2.24) is 9.78 Å². The zero-order chi connectivity index (χ0) is 13.1. The minimum Gasteiger partial charge on any atom is -0.234 e. The summed E-state index contributed by atoms with van der Waals surface area (Å²) in [7, 11) is 0. The first-order valence-electron chi connectivity index (χ1n) is 6.12. The molecule has 0 saturated carbocycles. The molecule has 0 aliphatic rings. The molecule has 1 aromatic carbocycles. The molecular weight excluding hydrogens is 251 g/mol. The number of hydrogen-bond donors (Lipinski definition) is 0. The van der Waals surface area contributed by atoms with Crippen LogP contribution in [0.4, 0.5) is 4.39 Å². The molecule has 2 rings (SSSR count). The van der Waals surface area contributed by atoms with Gasteiger partial charge >= 0.3 is 0 Å². The first-order valence-corrected chi connectivity index (χ1v) is 6.66. The average molecular weight is 267 g/mol. The van der Waals surface area contributed by atoms with Gasteiger partial charge in [0.05, 0.1) is 5.69 Å². The summed E-state index contributed by atoms with van der Waals surface area (Å²) < 4.78 is 15.7. The van der Waals surface area contributed by atoms with Crippen molar-refractivity contribution < 1.29 is 4.39 Å². The van der Waals surface area contributed by atoms with Crippen LogP contribution in [0.1, 0.15) is 30.8 Å². The molecule has 0 atom stereocenters. The van der Waals surface area contributed by atoms with Crippen molar-refractivity contribution in [2.75, 3.05) is 0 Å². The van der Waals surface area contributed by atoms with Crippen molar-refractivity contribution in [3.63, 3.8) is 0 Å². The van der Waals surface area contributed by atoms with Crippen LogP contribution < -0.4 is 0 Å². The van der Waals surface area contributed by atoms with Crippen molar-refractivity contribution in [3.8, 4) is 5.69 Å². The Balaban J connectivity index is 2.64. The Morgan fingerprint density at radius 3 is 2.67 bits per heavy atom. The largest absolute Gasteiger partial charge is 0.234 e. The summed E-state index contributed by atoms with van der Waals surface area (Å²) in [6, 6.07) is 6.97. The van der Waals surface area contributed by atoms with Gasteiger partial charge in [-0.1, -0.05) is 26.0 Å². The second-order valence-corrected chi connectivity index (χ2v) is 4.39. The third-order valence-corrected chi connectivity index (χ3v) is 3.27. The Bertz CT molecular complexity index is 549. The normalized spacial score (nSPS) is 10.9. The average Bonchev–Trinajstić information content (AvgIpc) is 2.81. The zero-order valence-corrected chi connectivity index (χ0v) is 11.3. The monoisotopic (exact) mass is 266 g/mol. The van der Waals surface area contributed by atoms with E-state index in [0.717, 1.165) is 29.8 Å². The minimum atomic E-state index is -0.284. The molecule has 0 radical (unpaired) electrons. The highest BCUT2D eigenvalue weighted by Crippen LogP contribution is 2.22. The second kappa shape index (κ2) is 5.53. The smallest absolute Gasteiger partial charge is 0.149 e. The van der Waals surface area contributed by atoms with Gasteiger partial charge in [0, 0.05) is 11.6 Å². The molecule has 0 saturated heterocycles. The molecule has 0 aliphatic carbocycles. The number of alkyl halides is 1. The first-order chi connectivity index (χ1) is 8.71. The van der Waals surface area contributed by atoms with Crippen molar-refractivity contribution >= 4 is 11.6 Å². The SMILES string of the molecule is CCc1cc(CC)n(-c2c(F)cccc2CCl)n1. The highest BCUT2D eigenvalue weighted by molar-refractivity contribution is 6.17. The van der Waals surface area contributed by atoms with Gasteiger partial charge in [-0.25, -0.2) is 9.07 Å². The molecule has 0 fully saturated rings. The van der Waals surface area contributed by atoms with E-state index in [9.17, 15) is 4.39 Å². The fraction of sp³-hybridized carbons (Fsp3) is 0.357. The van der Waals surface area contributed by atoms with Gasteiger partial charge in [0.25, 0.3) is 0 Å². The Kier molecular flexibility index (Phi) is 4.02. The number of nitrogens with zero attached hydrogens (tertiary/aromatic N) is 2. The maximum absolute atomic E-state index is 14.0. The fourth-order valence-electron chi connectivity index (χ4n) is 2.00. The van der Waals surface area contributed by atoms with Gasteiger partial charge in [0.15, 0.2) is 0 Å². The van der Waals surface area contributed by atoms with Crippen LogP contribution in [0.2, 0.25) is 0 Å². The minimum absolute atomic E-state index is 0.275. The number of benzene rings is 1. The highest BCUT2D eigenvalue weighted by atomic mass is 35.5. The van der Waals surface area contributed by atoms with Gasteiger partial charge in [-0.15, -0.1) is 11.6 Å². The first kappa shape index (κ1) is 13.1. The summed E-state index contributed by atoms with van der Waals surface area (Å²) in [6.45, 7) is 4.07. The predicted molar refractivity (Wildman–Crippen MR) is 71.8 cm³/mol. The molecule has 96 valence electrons. The molecule has 18 heavy (non-hydrogen) atoms. The van der Waals surface area contributed by atoms with Crippen LogP contribution in [-0.4, -0.2) is 9.78 Å². The van der Waals surface area contributed by atoms with Gasteiger partial charge < -0.3 is 0 Å². The molecule has 0 spiro atoms. The Hall–Kier alpha value is -1.35. The van der Waals surface area contributed by atoms with Crippen LogP contribution in [0.3, 0.4) is 0 Å². The molecule has 0 unspecified atom stereocenters. The third-order valence-electron chi connectivity index (χ3n) is 2.98.